The summed E-state index contributed by atoms with van der Waals surface area (Å²) >= 11 is 6.00. The van der Waals surface area contributed by atoms with Gasteiger partial charge in [-0.25, -0.2) is 4.79 Å². The second-order valence-corrected chi connectivity index (χ2v) is 6.92. The topological polar surface area (TPSA) is 58.6 Å². The SMILES string of the molecule is CCC(NC(=O)OC(C)(C)C)C(O)Cc1ccc(Cl)c(C)c1. The van der Waals surface area contributed by atoms with E-state index in [1.807, 2.05) is 32.0 Å². The van der Waals surface area contributed by atoms with Crippen molar-refractivity contribution in [3.05, 3.63) is 34.3 Å². The zero-order valence-electron chi connectivity index (χ0n) is 13.9. The first-order chi connectivity index (χ1) is 10.1. The lowest BCUT2D eigenvalue weighted by Gasteiger charge is -2.26. The normalized spacial score (nSPS) is 14.3. The molecule has 22 heavy (non-hydrogen) atoms. The molecule has 0 radical (unpaired) electrons. The van der Waals surface area contributed by atoms with Crippen molar-refractivity contribution in [3.63, 3.8) is 0 Å². The molecule has 2 atom stereocenters. The maximum atomic E-state index is 11.8. The summed E-state index contributed by atoms with van der Waals surface area (Å²) in [5.41, 5.74) is 1.40. The highest BCUT2D eigenvalue weighted by Crippen LogP contribution is 2.18. The van der Waals surface area contributed by atoms with Gasteiger partial charge < -0.3 is 15.2 Å². The van der Waals surface area contributed by atoms with Gasteiger partial charge in [-0.1, -0.05) is 30.7 Å². The zero-order valence-corrected chi connectivity index (χ0v) is 14.7. The molecule has 1 rings (SSSR count). The Kier molecular flexibility index (Phi) is 6.69. The van der Waals surface area contributed by atoms with Crippen LogP contribution in [-0.4, -0.2) is 28.9 Å². The Morgan fingerprint density at radius 3 is 2.55 bits per heavy atom. The molecule has 0 spiro atoms. The number of aryl methyl sites for hydroxylation is 1. The summed E-state index contributed by atoms with van der Waals surface area (Å²) in [5.74, 6) is 0. The molecular formula is C17H26ClNO3. The molecule has 0 aromatic heterocycles. The molecule has 2 N–H and O–H groups in total. The average molecular weight is 328 g/mol. The van der Waals surface area contributed by atoms with Crippen molar-refractivity contribution in [3.8, 4) is 0 Å². The lowest BCUT2D eigenvalue weighted by Crippen LogP contribution is -2.45. The highest BCUT2D eigenvalue weighted by molar-refractivity contribution is 6.31. The van der Waals surface area contributed by atoms with Crippen molar-refractivity contribution in [1.29, 1.82) is 0 Å². The molecule has 0 heterocycles. The van der Waals surface area contributed by atoms with E-state index in [1.54, 1.807) is 20.8 Å². The Labute approximate surface area is 137 Å². The van der Waals surface area contributed by atoms with Crippen LogP contribution in [-0.2, 0) is 11.2 Å². The first-order valence-corrected chi connectivity index (χ1v) is 7.92. The van der Waals surface area contributed by atoms with Crippen LogP contribution in [0.4, 0.5) is 4.79 Å². The molecule has 5 heteroatoms. The van der Waals surface area contributed by atoms with Crippen LogP contribution in [0.25, 0.3) is 0 Å². The molecule has 1 aromatic carbocycles. The van der Waals surface area contributed by atoms with Gasteiger partial charge >= 0.3 is 6.09 Å². The Morgan fingerprint density at radius 2 is 2.05 bits per heavy atom. The van der Waals surface area contributed by atoms with Crippen LogP contribution in [0.3, 0.4) is 0 Å². The van der Waals surface area contributed by atoms with E-state index in [0.717, 1.165) is 11.1 Å². The van der Waals surface area contributed by atoms with E-state index in [0.29, 0.717) is 17.9 Å². The molecule has 0 fully saturated rings. The summed E-state index contributed by atoms with van der Waals surface area (Å²) in [4.78, 5) is 11.8. The second kappa shape index (κ2) is 7.84. The highest BCUT2D eigenvalue weighted by atomic mass is 35.5. The number of carbonyl (C=O) groups is 1. The van der Waals surface area contributed by atoms with E-state index in [4.69, 9.17) is 16.3 Å². The molecule has 4 nitrogen and oxygen atoms in total. The molecule has 2 unspecified atom stereocenters. The third kappa shape index (κ3) is 6.24. The number of benzene rings is 1. The minimum atomic E-state index is -0.682. The lowest BCUT2D eigenvalue weighted by molar-refractivity contribution is 0.0419. The summed E-state index contributed by atoms with van der Waals surface area (Å²) in [6, 6.07) is 5.30. The highest BCUT2D eigenvalue weighted by Gasteiger charge is 2.23. The zero-order chi connectivity index (χ0) is 16.9. The molecular weight excluding hydrogens is 302 g/mol. The molecule has 124 valence electrons. The number of halogens is 1. The number of hydrogen-bond donors (Lipinski definition) is 2. The van der Waals surface area contributed by atoms with Gasteiger partial charge in [0, 0.05) is 11.4 Å². The predicted octanol–water partition coefficient (Wildman–Crippen LogP) is 3.86. The van der Waals surface area contributed by atoms with Crippen LogP contribution in [0.15, 0.2) is 18.2 Å². The standard InChI is InChI=1S/C17H26ClNO3/c1-6-14(19-16(21)22-17(3,4)5)15(20)10-12-7-8-13(18)11(2)9-12/h7-9,14-15,20H,6,10H2,1-5H3,(H,19,21). The summed E-state index contributed by atoms with van der Waals surface area (Å²) in [5, 5.41) is 13.8. The first-order valence-electron chi connectivity index (χ1n) is 7.55. The smallest absolute Gasteiger partial charge is 0.407 e. The van der Waals surface area contributed by atoms with Gasteiger partial charge in [-0.05, 0) is 51.3 Å². The fourth-order valence-corrected chi connectivity index (χ4v) is 2.26. The van der Waals surface area contributed by atoms with E-state index in [1.165, 1.54) is 0 Å². The molecule has 0 saturated carbocycles. The van der Waals surface area contributed by atoms with E-state index < -0.39 is 17.8 Å². The minimum absolute atomic E-state index is 0.356. The van der Waals surface area contributed by atoms with Crippen LogP contribution in [0.2, 0.25) is 5.02 Å². The number of ether oxygens (including phenoxy) is 1. The number of aliphatic hydroxyl groups is 1. The van der Waals surface area contributed by atoms with Crippen molar-refractivity contribution in [1.82, 2.24) is 5.32 Å². The summed E-state index contributed by atoms with van der Waals surface area (Å²) in [7, 11) is 0. The molecule has 0 aliphatic rings. The number of nitrogens with one attached hydrogen (secondary N) is 1. The third-order valence-electron chi connectivity index (χ3n) is 3.27. The Hall–Kier alpha value is -1.26. The molecule has 0 bridgehead atoms. The summed E-state index contributed by atoms with van der Waals surface area (Å²) in [6.07, 6.45) is -0.122. The molecule has 1 amide bonds. The number of rotatable bonds is 5. The number of amides is 1. The van der Waals surface area contributed by atoms with Gasteiger partial charge in [-0.15, -0.1) is 0 Å². The van der Waals surface area contributed by atoms with Crippen molar-refractivity contribution in [2.24, 2.45) is 0 Å². The Bertz CT molecular complexity index is 511. The van der Waals surface area contributed by atoms with Gasteiger partial charge in [0.1, 0.15) is 5.60 Å². The van der Waals surface area contributed by atoms with E-state index in [9.17, 15) is 9.90 Å². The van der Waals surface area contributed by atoms with Crippen molar-refractivity contribution < 1.29 is 14.6 Å². The van der Waals surface area contributed by atoms with Gasteiger partial charge in [0.05, 0.1) is 12.1 Å². The summed E-state index contributed by atoms with van der Waals surface area (Å²) in [6.45, 7) is 9.26. The maximum Gasteiger partial charge on any atom is 0.407 e. The van der Waals surface area contributed by atoms with Crippen LogP contribution >= 0.6 is 11.6 Å². The Morgan fingerprint density at radius 1 is 1.41 bits per heavy atom. The predicted molar refractivity (Wildman–Crippen MR) is 89.3 cm³/mol. The van der Waals surface area contributed by atoms with Gasteiger partial charge in [-0.3, -0.25) is 0 Å². The maximum absolute atomic E-state index is 11.8. The fourth-order valence-electron chi connectivity index (χ4n) is 2.15. The van der Waals surface area contributed by atoms with Gasteiger partial charge in [0.15, 0.2) is 0 Å². The molecule has 0 saturated heterocycles. The first kappa shape index (κ1) is 18.8. The lowest BCUT2D eigenvalue weighted by atomic mass is 9.99. The molecule has 0 aliphatic heterocycles. The van der Waals surface area contributed by atoms with Crippen LogP contribution < -0.4 is 5.32 Å². The number of carbonyl (C=O) groups excluding carboxylic acids is 1. The van der Waals surface area contributed by atoms with Crippen LogP contribution in [0.5, 0.6) is 0 Å². The summed E-state index contributed by atoms with van der Waals surface area (Å²) < 4.78 is 5.23. The molecule has 0 aliphatic carbocycles. The van der Waals surface area contributed by atoms with E-state index in [-0.39, 0.29) is 6.04 Å². The van der Waals surface area contributed by atoms with Gasteiger partial charge in [0.25, 0.3) is 0 Å². The van der Waals surface area contributed by atoms with E-state index in [2.05, 4.69) is 5.32 Å². The van der Waals surface area contributed by atoms with Crippen molar-refractivity contribution in [2.75, 3.05) is 0 Å². The molecule has 1 aromatic rings. The Balaban J connectivity index is 2.65. The fraction of sp³-hybridized carbons (Fsp3) is 0.588. The van der Waals surface area contributed by atoms with E-state index >= 15 is 0 Å². The number of hydrogen-bond acceptors (Lipinski definition) is 3. The van der Waals surface area contributed by atoms with Gasteiger partial charge in [0.2, 0.25) is 0 Å². The van der Waals surface area contributed by atoms with Crippen LogP contribution in [0, 0.1) is 6.92 Å². The number of aliphatic hydroxyl groups excluding tert-OH is 1. The minimum Gasteiger partial charge on any atom is -0.444 e. The average Bonchev–Trinajstić information content (AvgIpc) is 2.38. The third-order valence-corrected chi connectivity index (χ3v) is 3.70. The number of alkyl carbamates (subject to hydrolysis) is 1. The van der Waals surface area contributed by atoms with Crippen LogP contribution in [0.1, 0.15) is 45.2 Å². The van der Waals surface area contributed by atoms with Crippen molar-refractivity contribution >= 4 is 17.7 Å². The quantitative estimate of drug-likeness (QED) is 0.863. The monoisotopic (exact) mass is 327 g/mol. The van der Waals surface area contributed by atoms with Crippen molar-refractivity contribution in [2.45, 2.75) is 65.2 Å². The second-order valence-electron chi connectivity index (χ2n) is 6.52. The van der Waals surface area contributed by atoms with Gasteiger partial charge in [-0.2, -0.15) is 0 Å². The largest absolute Gasteiger partial charge is 0.444 e.